The van der Waals surface area contributed by atoms with Crippen molar-refractivity contribution >= 4 is 35.2 Å². The third-order valence-corrected chi connectivity index (χ3v) is 8.14. The van der Waals surface area contributed by atoms with Gasteiger partial charge in [-0.05, 0) is 74.1 Å². The van der Waals surface area contributed by atoms with Crippen molar-refractivity contribution in [1.82, 2.24) is 15.3 Å². The summed E-state index contributed by atoms with van der Waals surface area (Å²) in [6, 6.07) is 16.5. The molecule has 3 aromatic carbocycles. The van der Waals surface area contributed by atoms with Gasteiger partial charge in [0.2, 0.25) is 0 Å². The van der Waals surface area contributed by atoms with E-state index in [1.165, 1.54) is 18.2 Å². The molecule has 3 aromatic rings. The average molecular weight is 634 g/mol. The molecule has 0 spiro atoms. The predicted octanol–water partition coefficient (Wildman–Crippen LogP) is 4.42. The van der Waals surface area contributed by atoms with Gasteiger partial charge in [0.15, 0.2) is 0 Å². The molecule has 0 bridgehead atoms. The number of carboxylic acids is 1. The zero-order valence-electron chi connectivity index (χ0n) is 25.9. The van der Waals surface area contributed by atoms with Crippen molar-refractivity contribution in [2.75, 3.05) is 14.1 Å². The van der Waals surface area contributed by atoms with Crippen LogP contribution in [0.1, 0.15) is 66.2 Å². The number of imide groups is 1. The minimum atomic E-state index is -1.18. The second-order valence-corrected chi connectivity index (χ2v) is 11.6. The summed E-state index contributed by atoms with van der Waals surface area (Å²) < 4.78 is 6.30. The molecule has 238 valence electrons. The van der Waals surface area contributed by atoms with Crippen LogP contribution < -0.4 is 10.1 Å². The summed E-state index contributed by atoms with van der Waals surface area (Å²) in [6.07, 6.45) is 5.95. The van der Waals surface area contributed by atoms with Gasteiger partial charge in [0.05, 0.1) is 11.1 Å². The fourth-order valence-electron chi connectivity index (χ4n) is 5.59. The highest BCUT2D eigenvalue weighted by Crippen LogP contribution is 2.44. The van der Waals surface area contributed by atoms with E-state index in [2.05, 4.69) is 5.32 Å². The lowest BCUT2D eigenvalue weighted by Crippen LogP contribution is -2.32. The third-order valence-electron chi connectivity index (χ3n) is 8.14. The number of carbonyl (C=O) groups is 5. The summed E-state index contributed by atoms with van der Waals surface area (Å²) in [5.41, 5.74) is 4.56. The number of hydrogen-bond donors (Lipinski definition) is 2. The van der Waals surface area contributed by atoms with Gasteiger partial charge in [-0.2, -0.15) is 0 Å². The number of aromatic carboxylic acids is 1. The smallest absolute Gasteiger partial charge is 0.363 e. The van der Waals surface area contributed by atoms with Crippen molar-refractivity contribution in [3.05, 3.63) is 129 Å². The summed E-state index contributed by atoms with van der Waals surface area (Å²) in [7, 11) is 3.93. The van der Waals surface area contributed by atoms with E-state index < -0.39 is 29.7 Å². The van der Waals surface area contributed by atoms with Crippen molar-refractivity contribution in [3.8, 4) is 5.75 Å². The molecule has 47 heavy (non-hydrogen) atoms. The van der Waals surface area contributed by atoms with Crippen LogP contribution in [-0.4, -0.2) is 64.9 Å². The molecule has 1 unspecified atom stereocenters. The van der Waals surface area contributed by atoms with Crippen LogP contribution in [0, 0.1) is 6.92 Å². The number of aryl methyl sites for hydroxylation is 1. The lowest BCUT2D eigenvalue weighted by molar-refractivity contribution is -0.172. The van der Waals surface area contributed by atoms with Crippen LogP contribution in [0.3, 0.4) is 0 Å². The van der Waals surface area contributed by atoms with Crippen LogP contribution in [0.15, 0.2) is 90.2 Å². The molecule has 2 heterocycles. The Morgan fingerprint density at radius 1 is 0.957 bits per heavy atom. The molecule has 3 amide bonds. The Balaban J connectivity index is 1.23. The maximum absolute atomic E-state index is 13.2. The van der Waals surface area contributed by atoms with Crippen molar-refractivity contribution in [2.45, 2.75) is 32.4 Å². The number of hydroxylamine groups is 2. The molecule has 2 aliphatic heterocycles. The normalized spacial score (nSPS) is 16.8. The summed E-state index contributed by atoms with van der Waals surface area (Å²) in [4.78, 5) is 68.6. The van der Waals surface area contributed by atoms with E-state index in [9.17, 15) is 29.1 Å². The number of allylic oxidation sites excluding steroid dienone is 1. The highest BCUT2D eigenvalue weighted by molar-refractivity contribution is 6.04. The quantitative estimate of drug-likeness (QED) is 0.345. The van der Waals surface area contributed by atoms with E-state index in [1.807, 2.05) is 62.3 Å². The zero-order chi connectivity index (χ0) is 33.4. The van der Waals surface area contributed by atoms with Gasteiger partial charge in [-0.15, -0.1) is 5.06 Å². The number of rotatable bonds is 8. The van der Waals surface area contributed by atoms with Crippen LogP contribution in [0.25, 0.3) is 5.57 Å². The van der Waals surface area contributed by atoms with E-state index in [4.69, 9.17) is 9.57 Å². The summed E-state index contributed by atoms with van der Waals surface area (Å²) >= 11 is 0. The van der Waals surface area contributed by atoms with Crippen LogP contribution in [0.5, 0.6) is 5.75 Å². The second-order valence-electron chi connectivity index (χ2n) is 11.6. The van der Waals surface area contributed by atoms with Gasteiger partial charge >= 0.3 is 11.9 Å². The standard InChI is InChI=1S/C36H31N3O8/c1-20-4-11-26-29(16-20)46-30-18-24(38(2)3)10-13-27(30)33(26)25-12-9-23(17-28(25)35(43)44)34(42)37-19-21-5-7-22(8-6-21)36(45)47-39-31(40)14-15-32(39)41/h4-13,16-18,24H,14-15,19H2,1-3H3,(H,37,42)(H,43,44). The number of hydrogen-bond acceptors (Lipinski definition) is 8. The SMILES string of the molecule is Cc1ccc2c(c1)OC1=CC(N(C)C)C=CC1=C2c1ccc(C(=O)NCc2ccc(C(=O)ON3C(=O)CCC3=O)cc2)cc1C(=O)O. The Hall–Kier alpha value is -5.81. The van der Waals surface area contributed by atoms with E-state index in [0.717, 1.165) is 16.7 Å². The molecule has 11 nitrogen and oxygen atoms in total. The fraction of sp³-hybridized carbons (Fsp3) is 0.194. The fourth-order valence-corrected chi connectivity index (χ4v) is 5.59. The van der Waals surface area contributed by atoms with Gasteiger partial charge in [0.25, 0.3) is 17.7 Å². The molecule has 0 aromatic heterocycles. The molecule has 1 saturated heterocycles. The zero-order valence-corrected chi connectivity index (χ0v) is 25.9. The first-order valence-corrected chi connectivity index (χ1v) is 14.9. The van der Waals surface area contributed by atoms with Crippen molar-refractivity contribution < 1.29 is 38.7 Å². The lowest BCUT2D eigenvalue weighted by atomic mass is 9.84. The Bertz CT molecular complexity index is 1920. The first-order chi connectivity index (χ1) is 22.5. The molecule has 2 N–H and O–H groups in total. The highest BCUT2D eigenvalue weighted by Gasteiger charge is 2.33. The summed E-state index contributed by atoms with van der Waals surface area (Å²) in [5.74, 6) is -2.41. The monoisotopic (exact) mass is 633 g/mol. The van der Waals surface area contributed by atoms with Crippen LogP contribution in [-0.2, 0) is 21.0 Å². The van der Waals surface area contributed by atoms with E-state index in [1.54, 1.807) is 24.3 Å². The van der Waals surface area contributed by atoms with Crippen molar-refractivity contribution in [1.29, 1.82) is 0 Å². The molecule has 1 atom stereocenters. The van der Waals surface area contributed by atoms with Gasteiger partial charge < -0.3 is 20.0 Å². The predicted molar refractivity (Wildman–Crippen MR) is 170 cm³/mol. The minimum absolute atomic E-state index is 0.00248. The number of carbonyl (C=O) groups excluding carboxylic acids is 4. The molecule has 1 aliphatic carbocycles. The molecule has 11 heteroatoms. The number of fused-ring (bicyclic) bond motifs is 2. The van der Waals surface area contributed by atoms with Crippen LogP contribution >= 0.6 is 0 Å². The summed E-state index contributed by atoms with van der Waals surface area (Å²) in [5, 5.41) is 13.6. The Labute approximate surface area is 270 Å². The lowest BCUT2D eigenvalue weighted by Gasteiger charge is -2.30. The summed E-state index contributed by atoms with van der Waals surface area (Å²) in [6.45, 7) is 2.05. The highest BCUT2D eigenvalue weighted by atomic mass is 16.7. The molecule has 0 radical (unpaired) electrons. The topological polar surface area (TPSA) is 143 Å². The van der Waals surface area contributed by atoms with Gasteiger partial charge in [-0.1, -0.05) is 42.5 Å². The number of carboxylic acid groups (broad SMARTS) is 1. The van der Waals surface area contributed by atoms with E-state index in [0.29, 0.717) is 33.3 Å². The number of benzene rings is 3. The largest absolute Gasteiger partial charge is 0.478 e. The second kappa shape index (κ2) is 12.5. The molecule has 6 rings (SSSR count). The number of ether oxygens (including phenoxy) is 1. The molecular formula is C36H31N3O8. The first kappa shape index (κ1) is 31.2. The van der Waals surface area contributed by atoms with Crippen molar-refractivity contribution in [2.24, 2.45) is 0 Å². The van der Waals surface area contributed by atoms with Gasteiger partial charge in [-0.25, -0.2) is 9.59 Å². The first-order valence-electron chi connectivity index (χ1n) is 14.9. The average Bonchev–Trinajstić information content (AvgIpc) is 3.37. The van der Waals surface area contributed by atoms with Crippen LogP contribution in [0.4, 0.5) is 0 Å². The van der Waals surface area contributed by atoms with Gasteiger partial charge in [0, 0.05) is 47.7 Å². The molecule has 1 fully saturated rings. The van der Waals surface area contributed by atoms with Crippen LogP contribution in [0.2, 0.25) is 0 Å². The number of amides is 3. The Morgan fingerprint density at radius 3 is 2.32 bits per heavy atom. The van der Waals surface area contributed by atoms with Gasteiger partial charge in [0.1, 0.15) is 11.5 Å². The Kier molecular flexibility index (Phi) is 8.31. The number of likely N-dealkylation sites (N-methyl/N-ethyl adjacent to an activating group) is 1. The maximum atomic E-state index is 13.2. The minimum Gasteiger partial charge on any atom is -0.478 e. The van der Waals surface area contributed by atoms with Gasteiger partial charge in [-0.3, -0.25) is 19.3 Å². The molecular weight excluding hydrogens is 602 g/mol. The number of nitrogens with one attached hydrogen (secondary N) is 1. The van der Waals surface area contributed by atoms with Crippen molar-refractivity contribution in [3.63, 3.8) is 0 Å². The maximum Gasteiger partial charge on any atom is 0.363 e. The Morgan fingerprint density at radius 2 is 1.64 bits per heavy atom. The third kappa shape index (κ3) is 6.21. The number of nitrogens with zero attached hydrogens (tertiary/aromatic N) is 2. The van der Waals surface area contributed by atoms with E-state index in [-0.39, 0.29) is 42.1 Å². The molecule has 0 saturated carbocycles. The molecule has 3 aliphatic rings. The van der Waals surface area contributed by atoms with E-state index >= 15 is 0 Å².